The fraction of sp³-hybridized carbons (Fsp3) is 0.364. The van der Waals surface area contributed by atoms with E-state index in [9.17, 15) is 4.79 Å². The lowest BCUT2D eigenvalue weighted by atomic mass is 10.1. The number of carbonyl (C=O) groups excluding carboxylic acids is 1. The van der Waals surface area contributed by atoms with Gasteiger partial charge in [-0.05, 0) is 32.0 Å². The summed E-state index contributed by atoms with van der Waals surface area (Å²) in [6.45, 7) is 7.00. The highest BCUT2D eigenvalue weighted by molar-refractivity contribution is 7.18. The van der Waals surface area contributed by atoms with Gasteiger partial charge in [0.15, 0.2) is 0 Å². The third-order valence-electron chi connectivity index (χ3n) is 4.88. The van der Waals surface area contributed by atoms with E-state index in [0.717, 1.165) is 34.1 Å². The number of aryl methyl sites for hydroxylation is 1. The number of nitrogens with zero attached hydrogens (tertiary/aromatic N) is 2. The van der Waals surface area contributed by atoms with Gasteiger partial charge in [0.05, 0.1) is 16.8 Å². The maximum absolute atomic E-state index is 12.3. The first-order valence-corrected chi connectivity index (χ1v) is 10.5. The van der Waals surface area contributed by atoms with Crippen molar-refractivity contribution in [2.75, 3.05) is 13.1 Å². The summed E-state index contributed by atoms with van der Waals surface area (Å²) >= 11 is 1.63. The van der Waals surface area contributed by atoms with Crippen molar-refractivity contribution in [3.63, 3.8) is 0 Å². The standard InChI is InChI=1S/C22H25N3O2S/c1-15-7-8-19-17(11-15)14-25(13-16(2)27-19)10-9-21(26)23-12-22-24-18-5-3-4-6-20(18)28-22/h3-8,11,16H,9-10,12-14H2,1-2H3,(H,23,26). The molecule has 1 N–H and O–H groups in total. The van der Waals surface area contributed by atoms with Gasteiger partial charge in [-0.1, -0.05) is 29.8 Å². The van der Waals surface area contributed by atoms with Crippen LogP contribution in [0.3, 0.4) is 0 Å². The summed E-state index contributed by atoms with van der Waals surface area (Å²) < 4.78 is 7.19. The predicted molar refractivity (Wildman–Crippen MR) is 113 cm³/mol. The molecular formula is C22H25N3O2S. The largest absolute Gasteiger partial charge is 0.489 e. The van der Waals surface area contributed by atoms with E-state index >= 15 is 0 Å². The second-order valence-corrected chi connectivity index (χ2v) is 8.49. The number of hydrogen-bond donors (Lipinski definition) is 1. The molecule has 0 saturated carbocycles. The van der Waals surface area contributed by atoms with Crippen LogP contribution in [0, 0.1) is 6.92 Å². The number of amides is 1. The van der Waals surface area contributed by atoms with Crippen LogP contribution in [0.4, 0.5) is 0 Å². The minimum absolute atomic E-state index is 0.0570. The summed E-state index contributed by atoms with van der Waals surface area (Å²) in [7, 11) is 0. The molecule has 2 aromatic carbocycles. The molecule has 1 aliphatic rings. The first kappa shape index (κ1) is 18.9. The van der Waals surface area contributed by atoms with Crippen LogP contribution in [0.25, 0.3) is 10.2 Å². The molecule has 0 bridgehead atoms. The number of carbonyl (C=O) groups is 1. The van der Waals surface area contributed by atoms with E-state index in [0.29, 0.717) is 19.5 Å². The zero-order valence-electron chi connectivity index (χ0n) is 16.3. The second kappa shape index (κ2) is 8.29. The molecule has 146 valence electrons. The lowest BCUT2D eigenvalue weighted by Crippen LogP contribution is -2.34. The Morgan fingerprint density at radius 1 is 1.32 bits per heavy atom. The summed E-state index contributed by atoms with van der Waals surface area (Å²) in [4.78, 5) is 19.2. The van der Waals surface area contributed by atoms with Crippen LogP contribution in [0.5, 0.6) is 5.75 Å². The quantitative estimate of drug-likeness (QED) is 0.712. The highest BCUT2D eigenvalue weighted by atomic mass is 32.1. The van der Waals surface area contributed by atoms with Gasteiger partial charge in [-0.25, -0.2) is 4.98 Å². The summed E-state index contributed by atoms with van der Waals surface area (Å²) in [5.41, 5.74) is 3.41. The molecule has 0 radical (unpaired) electrons. The van der Waals surface area contributed by atoms with Crippen molar-refractivity contribution in [1.29, 1.82) is 0 Å². The number of para-hydroxylation sites is 1. The van der Waals surface area contributed by atoms with E-state index in [-0.39, 0.29) is 12.0 Å². The number of benzene rings is 2. The van der Waals surface area contributed by atoms with Gasteiger partial charge in [0.1, 0.15) is 16.9 Å². The first-order valence-electron chi connectivity index (χ1n) is 9.66. The molecule has 5 nitrogen and oxygen atoms in total. The van der Waals surface area contributed by atoms with Gasteiger partial charge >= 0.3 is 0 Å². The third kappa shape index (κ3) is 4.51. The number of fused-ring (bicyclic) bond motifs is 2. The van der Waals surface area contributed by atoms with Crippen molar-refractivity contribution >= 4 is 27.5 Å². The van der Waals surface area contributed by atoms with Crippen LogP contribution in [0.15, 0.2) is 42.5 Å². The maximum Gasteiger partial charge on any atom is 0.221 e. The summed E-state index contributed by atoms with van der Waals surface area (Å²) in [6.07, 6.45) is 0.577. The lowest BCUT2D eigenvalue weighted by Gasteiger charge is -2.21. The molecule has 1 atom stereocenters. The van der Waals surface area contributed by atoms with E-state index < -0.39 is 0 Å². The average Bonchev–Trinajstić information content (AvgIpc) is 3.02. The Labute approximate surface area is 169 Å². The minimum atomic E-state index is 0.0570. The number of hydrogen-bond acceptors (Lipinski definition) is 5. The number of rotatable bonds is 5. The van der Waals surface area contributed by atoms with Crippen LogP contribution >= 0.6 is 11.3 Å². The van der Waals surface area contributed by atoms with E-state index in [1.165, 1.54) is 11.1 Å². The molecule has 0 saturated heterocycles. The van der Waals surface area contributed by atoms with Crippen molar-refractivity contribution in [3.8, 4) is 5.75 Å². The first-order chi connectivity index (χ1) is 13.6. The predicted octanol–water partition coefficient (Wildman–Crippen LogP) is 3.89. The fourth-order valence-electron chi connectivity index (χ4n) is 3.56. The minimum Gasteiger partial charge on any atom is -0.489 e. The van der Waals surface area contributed by atoms with Gasteiger partial charge in [0.2, 0.25) is 5.91 Å². The number of thiazole rings is 1. The number of nitrogens with one attached hydrogen (secondary N) is 1. The molecule has 1 aromatic heterocycles. The molecule has 1 unspecified atom stereocenters. The molecule has 4 rings (SSSR count). The van der Waals surface area contributed by atoms with Gasteiger partial charge in [0.25, 0.3) is 0 Å². The Hall–Kier alpha value is -2.44. The normalized spacial score (nSPS) is 17.0. The monoisotopic (exact) mass is 395 g/mol. The van der Waals surface area contributed by atoms with E-state index in [1.807, 2.05) is 18.2 Å². The van der Waals surface area contributed by atoms with Gasteiger partial charge in [-0.2, -0.15) is 0 Å². The van der Waals surface area contributed by atoms with E-state index in [1.54, 1.807) is 11.3 Å². The highest BCUT2D eigenvalue weighted by Crippen LogP contribution is 2.26. The number of ether oxygens (including phenoxy) is 1. The van der Waals surface area contributed by atoms with Gasteiger partial charge < -0.3 is 10.1 Å². The summed E-state index contributed by atoms with van der Waals surface area (Å²) in [6, 6.07) is 14.4. The molecule has 1 aliphatic heterocycles. The molecule has 6 heteroatoms. The Balaban J connectivity index is 1.31. The Bertz CT molecular complexity index is 952. The van der Waals surface area contributed by atoms with E-state index in [4.69, 9.17) is 4.74 Å². The van der Waals surface area contributed by atoms with Crippen molar-refractivity contribution in [2.45, 2.75) is 39.5 Å². The van der Waals surface area contributed by atoms with Gasteiger partial charge in [0, 0.05) is 31.6 Å². The molecule has 0 aliphatic carbocycles. The fourth-order valence-corrected chi connectivity index (χ4v) is 4.47. The summed E-state index contributed by atoms with van der Waals surface area (Å²) in [5.74, 6) is 1.02. The highest BCUT2D eigenvalue weighted by Gasteiger charge is 2.20. The maximum atomic E-state index is 12.3. The van der Waals surface area contributed by atoms with E-state index in [2.05, 4.69) is 53.3 Å². The van der Waals surface area contributed by atoms with Crippen molar-refractivity contribution in [3.05, 3.63) is 58.6 Å². The van der Waals surface area contributed by atoms with Crippen LogP contribution < -0.4 is 10.1 Å². The SMILES string of the molecule is Cc1ccc2c(c1)CN(CCC(=O)NCc1nc3ccccc3s1)CC(C)O2. The average molecular weight is 396 g/mol. The van der Waals surface area contributed by atoms with Crippen LogP contribution in [0.1, 0.15) is 29.5 Å². The molecule has 0 fully saturated rings. The molecule has 1 amide bonds. The smallest absolute Gasteiger partial charge is 0.221 e. The molecule has 3 aromatic rings. The number of aromatic nitrogens is 1. The molecule has 2 heterocycles. The zero-order valence-corrected chi connectivity index (χ0v) is 17.1. The Kier molecular flexibility index (Phi) is 5.59. The third-order valence-corrected chi connectivity index (χ3v) is 5.92. The lowest BCUT2D eigenvalue weighted by molar-refractivity contribution is -0.121. The second-order valence-electron chi connectivity index (χ2n) is 7.38. The van der Waals surface area contributed by atoms with Crippen LogP contribution in [-0.2, 0) is 17.9 Å². The van der Waals surface area contributed by atoms with Gasteiger partial charge in [-0.3, -0.25) is 9.69 Å². The van der Waals surface area contributed by atoms with Crippen LogP contribution in [0.2, 0.25) is 0 Å². The molecule has 0 spiro atoms. The van der Waals surface area contributed by atoms with Crippen LogP contribution in [-0.4, -0.2) is 35.0 Å². The Morgan fingerprint density at radius 2 is 2.18 bits per heavy atom. The van der Waals surface area contributed by atoms with Crippen molar-refractivity contribution < 1.29 is 9.53 Å². The Morgan fingerprint density at radius 3 is 3.04 bits per heavy atom. The van der Waals surface area contributed by atoms with Crippen molar-refractivity contribution in [1.82, 2.24) is 15.2 Å². The topological polar surface area (TPSA) is 54.5 Å². The summed E-state index contributed by atoms with van der Waals surface area (Å²) in [5, 5.41) is 3.95. The molecule has 28 heavy (non-hydrogen) atoms. The van der Waals surface area contributed by atoms with Crippen molar-refractivity contribution in [2.24, 2.45) is 0 Å². The zero-order chi connectivity index (χ0) is 19.5. The molecular weight excluding hydrogens is 370 g/mol. The van der Waals surface area contributed by atoms with Gasteiger partial charge in [-0.15, -0.1) is 11.3 Å².